The van der Waals surface area contributed by atoms with Gasteiger partial charge < -0.3 is 10.2 Å². The number of nitrogens with zero attached hydrogens (tertiary/aromatic N) is 1. The van der Waals surface area contributed by atoms with Crippen LogP contribution in [0.5, 0.6) is 0 Å². The number of benzene rings is 2. The maximum Gasteiger partial charge on any atom is 0.255 e. The van der Waals surface area contributed by atoms with E-state index in [1.54, 1.807) is 36.2 Å². The van der Waals surface area contributed by atoms with Crippen molar-refractivity contribution in [3.8, 4) is 0 Å². The summed E-state index contributed by atoms with van der Waals surface area (Å²) in [5.74, 6) is 0.274. The summed E-state index contributed by atoms with van der Waals surface area (Å²) in [7, 11) is 1.73. The molecule has 4 nitrogen and oxygen atoms in total. The van der Waals surface area contributed by atoms with Crippen molar-refractivity contribution in [3.63, 3.8) is 0 Å². The van der Waals surface area contributed by atoms with E-state index in [1.807, 2.05) is 18.2 Å². The molecule has 2 amide bonds. The zero-order chi connectivity index (χ0) is 15.7. The van der Waals surface area contributed by atoms with Crippen molar-refractivity contribution in [2.75, 3.05) is 23.0 Å². The second-order valence-corrected chi connectivity index (χ2v) is 6.46. The lowest BCUT2D eigenvalue weighted by molar-refractivity contribution is -0.116. The molecule has 2 aromatic rings. The number of thiol groups is 1. The topological polar surface area (TPSA) is 49.4 Å². The van der Waals surface area contributed by atoms with Gasteiger partial charge in [0.2, 0.25) is 5.91 Å². The summed E-state index contributed by atoms with van der Waals surface area (Å²) >= 11 is 5.71. The molecule has 112 valence electrons. The number of nitrogens with one attached hydrogen (secondary N) is 1. The lowest BCUT2D eigenvalue weighted by Crippen LogP contribution is -2.31. The first-order valence-electron chi connectivity index (χ1n) is 6.68. The van der Waals surface area contributed by atoms with Crippen LogP contribution in [-0.2, 0) is 4.79 Å². The van der Waals surface area contributed by atoms with Gasteiger partial charge in [0, 0.05) is 28.1 Å². The summed E-state index contributed by atoms with van der Waals surface area (Å²) in [5.41, 5.74) is 2.01. The Kier molecular flexibility index (Phi) is 4.13. The Balaban J connectivity index is 1.84. The van der Waals surface area contributed by atoms with Crippen molar-refractivity contribution in [1.82, 2.24) is 0 Å². The van der Waals surface area contributed by atoms with Gasteiger partial charge in [0.05, 0.1) is 11.4 Å². The van der Waals surface area contributed by atoms with E-state index < -0.39 is 0 Å². The Morgan fingerprint density at radius 1 is 1.23 bits per heavy atom. The maximum atomic E-state index is 12.3. The van der Waals surface area contributed by atoms with Crippen molar-refractivity contribution in [2.45, 2.75) is 9.79 Å². The average molecular weight is 330 g/mol. The average Bonchev–Trinajstić information content (AvgIpc) is 2.53. The molecule has 1 aliphatic heterocycles. The van der Waals surface area contributed by atoms with Crippen molar-refractivity contribution in [1.29, 1.82) is 0 Å². The lowest BCUT2D eigenvalue weighted by Gasteiger charge is -2.25. The molecule has 2 aromatic carbocycles. The summed E-state index contributed by atoms with van der Waals surface area (Å²) in [6, 6.07) is 12.6. The highest BCUT2D eigenvalue weighted by molar-refractivity contribution is 8.00. The van der Waals surface area contributed by atoms with Crippen LogP contribution in [0.25, 0.3) is 0 Å². The fourth-order valence-electron chi connectivity index (χ4n) is 2.16. The first-order chi connectivity index (χ1) is 10.5. The predicted molar refractivity (Wildman–Crippen MR) is 92.2 cm³/mol. The van der Waals surface area contributed by atoms with Crippen LogP contribution >= 0.6 is 24.4 Å². The summed E-state index contributed by atoms with van der Waals surface area (Å²) in [6.45, 7) is 0. The molecule has 0 radical (unpaired) electrons. The molecule has 1 N–H and O–H groups in total. The van der Waals surface area contributed by atoms with Gasteiger partial charge in [-0.05, 0) is 42.5 Å². The molecule has 0 saturated heterocycles. The molecule has 0 bridgehead atoms. The van der Waals surface area contributed by atoms with Crippen molar-refractivity contribution in [2.24, 2.45) is 0 Å². The number of hydrogen-bond donors (Lipinski definition) is 2. The predicted octanol–water partition coefficient (Wildman–Crippen LogP) is 3.30. The van der Waals surface area contributed by atoms with Crippen LogP contribution < -0.4 is 10.2 Å². The third-order valence-corrected chi connectivity index (χ3v) is 4.78. The van der Waals surface area contributed by atoms with E-state index in [0.29, 0.717) is 17.0 Å². The van der Waals surface area contributed by atoms with E-state index in [9.17, 15) is 9.59 Å². The molecular weight excluding hydrogens is 316 g/mol. The van der Waals surface area contributed by atoms with E-state index in [0.717, 1.165) is 15.5 Å². The molecule has 1 aliphatic rings. The van der Waals surface area contributed by atoms with Crippen LogP contribution in [0.2, 0.25) is 0 Å². The van der Waals surface area contributed by atoms with Gasteiger partial charge >= 0.3 is 0 Å². The van der Waals surface area contributed by atoms with Gasteiger partial charge in [-0.1, -0.05) is 0 Å². The molecule has 0 aliphatic carbocycles. The van der Waals surface area contributed by atoms with E-state index in [4.69, 9.17) is 0 Å². The van der Waals surface area contributed by atoms with Crippen LogP contribution in [-0.4, -0.2) is 24.6 Å². The summed E-state index contributed by atoms with van der Waals surface area (Å²) < 4.78 is 0. The number of carbonyl (C=O) groups excluding carboxylic acids is 2. The minimum Gasteiger partial charge on any atom is -0.322 e. The standard InChI is InChI=1S/C16H14N2O2S2/c1-18-13-8-10(2-7-14(13)22-9-15(18)19)16(20)17-11-3-5-12(21)6-4-11/h2-8,21H,9H2,1H3,(H,17,20). The molecule has 22 heavy (non-hydrogen) atoms. The number of thioether (sulfide) groups is 1. The molecule has 0 saturated carbocycles. The van der Waals surface area contributed by atoms with Gasteiger partial charge in [-0.2, -0.15) is 0 Å². The summed E-state index contributed by atoms with van der Waals surface area (Å²) in [6.07, 6.45) is 0. The van der Waals surface area contributed by atoms with Gasteiger partial charge in [-0.3, -0.25) is 9.59 Å². The highest BCUT2D eigenvalue weighted by atomic mass is 32.2. The summed E-state index contributed by atoms with van der Waals surface area (Å²) in [4.78, 5) is 27.5. The van der Waals surface area contributed by atoms with Gasteiger partial charge in [-0.15, -0.1) is 24.4 Å². The first-order valence-corrected chi connectivity index (χ1v) is 8.11. The SMILES string of the molecule is CN1C(=O)CSc2ccc(C(=O)Nc3ccc(S)cc3)cc21. The molecule has 6 heteroatoms. The normalized spacial score (nSPS) is 13.7. The number of anilines is 2. The highest BCUT2D eigenvalue weighted by Crippen LogP contribution is 2.35. The third-order valence-electron chi connectivity index (χ3n) is 3.43. The Morgan fingerprint density at radius 2 is 1.95 bits per heavy atom. The van der Waals surface area contributed by atoms with Gasteiger partial charge in [0.15, 0.2) is 0 Å². The molecule has 0 fully saturated rings. The Morgan fingerprint density at radius 3 is 2.68 bits per heavy atom. The van der Waals surface area contributed by atoms with E-state index in [1.165, 1.54) is 11.8 Å². The van der Waals surface area contributed by atoms with Crippen LogP contribution in [0, 0.1) is 0 Å². The zero-order valence-corrected chi connectivity index (χ0v) is 13.6. The Labute approximate surface area is 138 Å². The van der Waals surface area contributed by atoms with E-state index in [-0.39, 0.29) is 11.8 Å². The minimum absolute atomic E-state index is 0.0411. The van der Waals surface area contributed by atoms with Gasteiger partial charge in [0.25, 0.3) is 5.91 Å². The minimum atomic E-state index is -0.203. The first kappa shape index (κ1) is 15.0. The van der Waals surface area contributed by atoms with Crippen LogP contribution in [0.3, 0.4) is 0 Å². The van der Waals surface area contributed by atoms with Crippen LogP contribution in [0.1, 0.15) is 10.4 Å². The highest BCUT2D eigenvalue weighted by Gasteiger charge is 2.22. The summed E-state index contributed by atoms with van der Waals surface area (Å²) in [5, 5.41) is 2.84. The maximum absolute atomic E-state index is 12.3. The molecule has 3 rings (SSSR count). The fourth-order valence-corrected chi connectivity index (χ4v) is 3.29. The molecular formula is C16H14N2O2S2. The van der Waals surface area contributed by atoms with Crippen molar-refractivity contribution in [3.05, 3.63) is 48.0 Å². The van der Waals surface area contributed by atoms with Gasteiger partial charge in [-0.25, -0.2) is 0 Å². The molecule has 0 spiro atoms. The van der Waals surface area contributed by atoms with Crippen LogP contribution in [0.15, 0.2) is 52.3 Å². The molecule has 1 heterocycles. The lowest BCUT2D eigenvalue weighted by atomic mass is 10.1. The second-order valence-electron chi connectivity index (χ2n) is 4.92. The fraction of sp³-hybridized carbons (Fsp3) is 0.125. The largest absolute Gasteiger partial charge is 0.322 e. The Bertz CT molecular complexity index is 744. The number of carbonyl (C=O) groups is 2. The molecule has 0 unspecified atom stereocenters. The third kappa shape index (κ3) is 2.98. The second kappa shape index (κ2) is 6.06. The quantitative estimate of drug-likeness (QED) is 0.831. The van der Waals surface area contributed by atoms with Crippen LogP contribution in [0.4, 0.5) is 11.4 Å². The van der Waals surface area contributed by atoms with E-state index in [2.05, 4.69) is 17.9 Å². The van der Waals surface area contributed by atoms with Gasteiger partial charge in [0.1, 0.15) is 0 Å². The number of rotatable bonds is 2. The smallest absolute Gasteiger partial charge is 0.255 e. The zero-order valence-electron chi connectivity index (χ0n) is 11.9. The van der Waals surface area contributed by atoms with Crippen molar-refractivity contribution >= 4 is 47.6 Å². The molecule has 0 atom stereocenters. The van der Waals surface area contributed by atoms with Crippen molar-refractivity contribution < 1.29 is 9.59 Å². The monoisotopic (exact) mass is 330 g/mol. The number of hydrogen-bond acceptors (Lipinski definition) is 4. The molecule has 0 aromatic heterocycles. The number of amides is 2. The number of fused-ring (bicyclic) bond motifs is 1. The Hall–Kier alpha value is -1.92. The van der Waals surface area contributed by atoms with E-state index >= 15 is 0 Å².